The van der Waals surface area contributed by atoms with Crippen LogP contribution in [0.25, 0.3) is 0 Å². The van der Waals surface area contributed by atoms with Crippen LogP contribution in [0.5, 0.6) is 0 Å². The summed E-state index contributed by atoms with van der Waals surface area (Å²) in [4.78, 5) is 12.1. The van der Waals surface area contributed by atoms with Crippen LogP contribution in [0.4, 0.5) is 0 Å². The molecule has 2 aromatic carbocycles. The van der Waals surface area contributed by atoms with Crippen LogP contribution in [0.15, 0.2) is 83.0 Å². The van der Waals surface area contributed by atoms with Gasteiger partial charge in [-0.15, -0.1) is 11.6 Å². The van der Waals surface area contributed by atoms with Gasteiger partial charge in [-0.05, 0) is 73.3 Å². The minimum atomic E-state index is -2.56. The highest BCUT2D eigenvalue weighted by Crippen LogP contribution is 2.36. The summed E-state index contributed by atoms with van der Waals surface area (Å²) in [6, 6.07) is 21.1. The summed E-state index contributed by atoms with van der Waals surface area (Å²) in [6.07, 6.45) is 5.31. The van der Waals surface area contributed by atoms with E-state index in [2.05, 4.69) is 98.5 Å². The Kier molecular flexibility index (Phi) is 12.4. The predicted molar refractivity (Wildman–Crippen MR) is 160 cm³/mol. The Hall–Kier alpha value is -1.25. The zero-order valence-corrected chi connectivity index (χ0v) is 25.0. The molecule has 2 atom stereocenters. The maximum Gasteiger partial charge on any atom is 0.261 e. The molecule has 0 aliphatic carbocycles. The second-order valence-corrected chi connectivity index (χ2v) is 16.4. The minimum Gasteiger partial charge on any atom is -0.407 e. The van der Waals surface area contributed by atoms with E-state index in [1.807, 2.05) is 12.1 Å². The molecule has 6 heteroatoms. The molecule has 0 aliphatic heterocycles. The van der Waals surface area contributed by atoms with Crippen molar-refractivity contribution < 1.29 is 14.3 Å². The molecular weight excluding hydrogens is 587 g/mol. The van der Waals surface area contributed by atoms with Gasteiger partial charge in [0.05, 0.1) is 6.10 Å². The van der Waals surface area contributed by atoms with Crippen molar-refractivity contribution in [2.75, 3.05) is 6.61 Å². The molecule has 2 rings (SSSR count). The van der Waals surface area contributed by atoms with Gasteiger partial charge in [-0.25, -0.2) is 0 Å². The van der Waals surface area contributed by atoms with Crippen LogP contribution in [-0.4, -0.2) is 37.3 Å². The van der Waals surface area contributed by atoms with Gasteiger partial charge in [-0.2, -0.15) is 0 Å². The molecule has 0 saturated carbocycles. The lowest BCUT2D eigenvalue weighted by Crippen LogP contribution is -2.66. The standard InChI is InChI=1S/C29H38ClIO3Si/c1-23(31)22-24(30)17-18-26(33)20-19-25(32)12-11-21-34-35(29(2,3)4,27-13-7-5-8-14-27)28-15-9-6-10-16-28/h5-10,13-16,19-20,24-25,32H,1,11-12,17-18,21-22H2,2-4H3. The first kappa shape index (κ1) is 30.0. The summed E-state index contributed by atoms with van der Waals surface area (Å²) in [7, 11) is -2.56. The van der Waals surface area contributed by atoms with Gasteiger partial charge in [-0.1, -0.05) is 94.1 Å². The quantitative estimate of drug-likeness (QED) is 0.0852. The lowest BCUT2D eigenvalue weighted by Gasteiger charge is -2.43. The van der Waals surface area contributed by atoms with Crippen molar-refractivity contribution in [3.8, 4) is 0 Å². The van der Waals surface area contributed by atoms with E-state index in [-0.39, 0.29) is 16.2 Å². The highest BCUT2D eigenvalue weighted by Gasteiger charge is 2.49. The number of aliphatic hydroxyl groups excluding tert-OH is 1. The molecule has 0 amide bonds. The van der Waals surface area contributed by atoms with Crippen LogP contribution in [-0.2, 0) is 9.22 Å². The molecule has 1 N–H and O–H groups in total. The number of halogens is 2. The van der Waals surface area contributed by atoms with Crippen LogP contribution < -0.4 is 10.4 Å². The molecule has 0 spiro atoms. The average Bonchev–Trinajstić information content (AvgIpc) is 2.81. The average molecular weight is 625 g/mol. The number of hydrogen-bond acceptors (Lipinski definition) is 3. The summed E-state index contributed by atoms with van der Waals surface area (Å²) in [5.74, 6) is -0.0164. The van der Waals surface area contributed by atoms with Crippen LogP contribution in [0.1, 0.15) is 52.9 Å². The van der Waals surface area contributed by atoms with Gasteiger partial charge in [-0.3, -0.25) is 4.79 Å². The molecule has 0 saturated heterocycles. The van der Waals surface area contributed by atoms with Crippen molar-refractivity contribution in [3.63, 3.8) is 0 Å². The molecule has 0 bridgehead atoms. The van der Waals surface area contributed by atoms with Crippen molar-refractivity contribution >= 4 is 58.7 Å². The summed E-state index contributed by atoms with van der Waals surface area (Å²) < 4.78 is 7.84. The number of carbonyl (C=O) groups is 1. The van der Waals surface area contributed by atoms with E-state index >= 15 is 0 Å². The number of rotatable bonds is 14. The summed E-state index contributed by atoms with van der Waals surface area (Å²) >= 11 is 8.37. The van der Waals surface area contributed by atoms with Gasteiger partial charge in [0.2, 0.25) is 0 Å². The molecule has 0 fully saturated rings. The maximum absolute atomic E-state index is 12.1. The van der Waals surface area contributed by atoms with Crippen molar-refractivity contribution in [1.29, 1.82) is 0 Å². The predicted octanol–water partition coefficient (Wildman–Crippen LogP) is 6.56. The van der Waals surface area contributed by atoms with Crippen molar-refractivity contribution in [1.82, 2.24) is 0 Å². The lowest BCUT2D eigenvalue weighted by atomic mass is 10.1. The number of allylic oxidation sites excluding steroid dienone is 2. The van der Waals surface area contributed by atoms with Crippen molar-refractivity contribution in [2.24, 2.45) is 0 Å². The van der Waals surface area contributed by atoms with Gasteiger partial charge in [0.25, 0.3) is 8.32 Å². The van der Waals surface area contributed by atoms with E-state index in [1.54, 1.807) is 6.08 Å². The second-order valence-electron chi connectivity index (χ2n) is 9.90. The number of carbonyl (C=O) groups excluding carboxylic acids is 1. The van der Waals surface area contributed by atoms with Gasteiger partial charge in [0, 0.05) is 18.4 Å². The molecule has 0 aromatic heterocycles. The summed E-state index contributed by atoms with van der Waals surface area (Å²) in [6.45, 7) is 11.1. The number of alkyl halides is 1. The molecule has 35 heavy (non-hydrogen) atoms. The van der Waals surface area contributed by atoms with E-state index in [1.165, 1.54) is 16.4 Å². The summed E-state index contributed by atoms with van der Waals surface area (Å²) in [5.41, 5.74) is 0. The zero-order valence-electron chi connectivity index (χ0n) is 21.1. The summed E-state index contributed by atoms with van der Waals surface area (Å²) in [5, 5.41) is 12.7. The van der Waals surface area contributed by atoms with E-state index < -0.39 is 14.4 Å². The molecule has 0 heterocycles. The molecule has 190 valence electrons. The first-order valence-electron chi connectivity index (χ1n) is 12.2. The minimum absolute atomic E-state index is 0.0164. The highest BCUT2D eigenvalue weighted by atomic mass is 127. The Bertz CT molecular complexity index is 917. The second kappa shape index (κ2) is 14.5. The first-order valence-corrected chi connectivity index (χ1v) is 15.6. The number of ketones is 1. The molecule has 0 aliphatic rings. The van der Waals surface area contributed by atoms with E-state index in [4.69, 9.17) is 16.0 Å². The fourth-order valence-corrected chi connectivity index (χ4v) is 10.0. The Morgan fingerprint density at radius 1 is 1.09 bits per heavy atom. The van der Waals surface area contributed by atoms with Crippen LogP contribution in [0, 0.1) is 0 Å². The first-order chi connectivity index (χ1) is 16.6. The third-order valence-corrected chi connectivity index (χ3v) is 11.9. The molecule has 3 nitrogen and oxygen atoms in total. The van der Waals surface area contributed by atoms with Gasteiger partial charge in [0.15, 0.2) is 5.78 Å². The third-order valence-electron chi connectivity index (χ3n) is 6.03. The van der Waals surface area contributed by atoms with Crippen LogP contribution in [0.3, 0.4) is 0 Å². The van der Waals surface area contributed by atoms with Crippen molar-refractivity contribution in [2.45, 2.75) is 69.4 Å². The molecule has 2 unspecified atom stereocenters. The van der Waals surface area contributed by atoms with Crippen LogP contribution in [0.2, 0.25) is 5.04 Å². The zero-order chi connectivity index (χ0) is 25.9. The normalized spacial score (nSPS) is 14.1. The Morgan fingerprint density at radius 3 is 2.11 bits per heavy atom. The largest absolute Gasteiger partial charge is 0.407 e. The lowest BCUT2D eigenvalue weighted by molar-refractivity contribution is -0.114. The smallest absolute Gasteiger partial charge is 0.261 e. The number of hydrogen-bond donors (Lipinski definition) is 1. The number of aliphatic hydroxyl groups is 1. The third kappa shape index (κ3) is 9.28. The Morgan fingerprint density at radius 2 is 1.63 bits per heavy atom. The fourth-order valence-electron chi connectivity index (χ4n) is 4.32. The van der Waals surface area contributed by atoms with Gasteiger partial charge in [0.1, 0.15) is 0 Å². The van der Waals surface area contributed by atoms with Gasteiger partial charge >= 0.3 is 0 Å². The number of benzene rings is 2. The fraction of sp³-hybridized carbons (Fsp3) is 0.414. The SMILES string of the molecule is C=C(I)CC(Cl)CCC(=O)C=CC(O)CCCO[Si](c1ccccc1)(c1ccccc1)C(C)(C)C. The topological polar surface area (TPSA) is 46.5 Å². The monoisotopic (exact) mass is 624 g/mol. The molecule has 2 aromatic rings. The Balaban J connectivity index is 1.99. The van der Waals surface area contributed by atoms with E-state index in [0.29, 0.717) is 38.7 Å². The van der Waals surface area contributed by atoms with Gasteiger partial charge < -0.3 is 9.53 Å². The maximum atomic E-state index is 12.1. The Labute approximate surface area is 230 Å². The van der Waals surface area contributed by atoms with Crippen LogP contribution >= 0.6 is 34.2 Å². The molecular formula is C29H38ClIO3Si. The van der Waals surface area contributed by atoms with Crippen molar-refractivity contribution in [3.05, 3.63) is 83.0 Å². The van der Waals surface area contributed by atoms with E-state index in [0.717, 1.165) is 3.58 Å². The highest BCUT2D eigenvalue weighted by molar-refractivity contribution is 14.1. The molecule has 0 radical (unpaired) electrons. The van der Waals surface area contributed by atoms with E-state index in [9.17, 15) is 9.90 Å².